The van der Waals surface area contributed by atoms with Crippen molar-refractivity contribution in [3.63, 3.8) is 0 Å². The van der Waals surface area contributed by atoms with E-state index in [-0.39, 0.29) is 17.8 Å². The number of aromatic nitrogens is 2. The lowest BCUT2D eigenvalue weighted by atomic mass is 9.87. The molecule has 1 aromatic carbocycles. The number of carbonyl (C=O) groups excluding carboxylic acids is 1. The van der Waals surface area contributed by atoms with Gasteiger partial charge in [-0.1, -0.05) is 29.8 Å². The fraction of sp³-hybridized carbons (Fsp3) is 0.346. The number of alkyl halides is 3. The molecule has 0 aliphatic carbocycles. The maximum absolute atomic E-state index is 13.1. The number of halogens is 4. The molecule has 0 fully saturated rings. The molecule has 0 radical (unpaired) electrons. The summed E-state index contributed by atoms with van der Waals surface area (Å²) in [5, 5.41) is 3.57. The lowest BCUT2D eigenvalue weighted by Crippen LogP contribution is -2.51. The van der Waals surface area contributed by atoms with E-state index in [1.807, 2.05) is 44.2 Å². The van der Waals surface area contributed by atoms with E-state index in [9.17, 15) is 18.0 Å². The van der Waals surface area contributed by atoms with E-state index in [1.165, 1.54) is 13.8 Å². The summed E-state index contributed by atoms with van der Waals surface area (Å²) in [5.41, 5.74) is 0.573. The highest BCUT2D eigenvalue weighted by Crippen LogP contribution is 2.30. The number of amides is 1. The van der Waals surface area contributed by atoms with Crippen molar-refractivity contribution in [3.05, 3.63) is 88.3 Å². The number of nitrogens with zero attached hydrogens (tertiary/aromatic N) is 2. The van der Waals surface area contributed by atoms with Crippen LogP contribution in [0.2, 0.25) is 5.02 Å². The molecule has 2 heterocycles. The summed E-state index contributed by atoms with van der Waals surface area (Å²) in [5.74, 6) is -0.663. The van der Waals surface area contributed by atoms with Gasteiger partial charge in [0.05, 0.1) is 5.56 Å². The van der Waals surface area contributed by atoms with Crippen LogP contribution in [0.15, 0.2) is 60.9 Å². The van der Waals surface area contributed by atoms with Crippen LogP contribution in [0, 0.1) is 6.92 Å². The van der Waals surface area contributed by atoms with Gasteiger partial charge in [0.2, 0.25) is 5.88 Å². The number of ether oxygens (including phenoxy) is 1. The van der Waals surface area contributed by atoms with Crippen LogP contribution < -0.4 is 10.1 Å². The Morgan fingerprint density at radius 3 is 2.40 bits per heavy atom. The third-order valence-corrected chi connectivity index (χ3v) is 5.85. The minimum Gasteiger partial charge on any atom is -0.462 e. The molecule has 0 aliphatic rings. The molecule has 0 aliphatic heterocycles. The maximum Gasteiger partial charge on any atom is 0.417 e. The second-order valence-corrected chi connectivity index (χ2v) is 9.39. The van der Waals surface area contributed by atoms with Crippen molar-refractivity contribution < 1.29 is 22.7 Å². The average Bonchev–Trinajstić information content (AvgIpc) is 2.78. The molecule has 2 unspecified atom stereocenters. The molecular formula is C26H27ClF3N3O2. The number of benzene rings is 1. The van der Waals surface area contributed by atoms with Crippen molar-refractivity contribution in [2.24, 2.45) is 0 Å². The van der Waals surface area contributed by atoms with Gasteiger partial charge in [-0.2, -0.15) is 13.2 Å². The van der Waals surface area contributed by atoms with E-state index < -0.39 is 23.2 Å². The van der Waals surface area contributed by atoms with Crippen LogP contribution in [0.3, 0.4) is 0 Å². The van der Waals surface area contributed by atoms with Gasteiger partial charge in [0, 0.05) is 41.1 Å². The van der Waals surface area contributed by atoms with Crippen LogP contribution >= 0.6 is 11.6 Å². The Bertz CT molecular complexity index is 1150. The van der Waals surface area contributed by atoms with Gasteiger partial charge >= 0.3 is 6.18 Å². The summed E-state index contributed by atoms with van der Waals surface area (Å²) in [6.07, 6.45) is -1.48. The zero-order valence-electron chi connectivity index (χ0n) is 19.9. The molecule has 0 bridgehead atoms. The third-order valence-electron chi connectivity index (χ3n) is 5.61. The topological polar surface area (TPSA) is 64.1 Å². The van der Waals surface area contributed by atoms with E-state index in [0.29, 0.717) is 17.6 Å². The van der Waals surface area contributed by atoms with Gasteiger partial charge in [0.1, 0.15) is 0 Å². The molecular weight excluding hydrogens is 479 g/mol. The molecule has 3 rings (SSSR count). The highest BCUT2D eigenvalue weighted by atomic mass is 35.5. The van der Waals surface area contributed by atoms with Crippen LogP contribution in [0.5, 0.6) is 5.88 Å². The Morgan fingerprint density at radius 1 is 1.09 bits per heavy atom. The molecule has 2 atom stereocenters. The van der Waals surface area contributed by atoms with Gasteiger partial charge < -0.3 is 10.1 Å². The van der Waals surface area contributed by atoms with Gasteiger partial charge in [0.15, 0.2) is 5.60 Å². The highest BCUT2D eigenvalue weighted by molar-refractivity contribution is 6.30. The lowest BCUT2D eigenvalue weighted by Gasteiger charge is -2.30. The van der Waals surface area contributed by atoms with Gasteiger partial charge in [0.25, 0.3) is 5.91 Å². The summed E-state index contributed by atoms with van der Waals surface area (Å²) in [7, 11) is 0. The smallest absolute Gasteiger partial charge is 0.417 e. The number of nitrogens with one attached hydrogen (secondary N) is 1. The fourth-order valence-corrected chi connectivity index (χ4v) is 3.76. The zero-order chi connectivity index (χ0) is 25.8. The molecule has 1 N–H and O–H groups in total. The van der Waals surface area contributed by atoms with Crippen molar-refractivity contribution in [3.8, 4) is 5.88 Å². The normalized spacial score (nSPS) is 13.7. The first kappa shape index (κ1) is 26.5. The largest absolute Gasteiger partial charge is 0.462 e. The average molecular weight is 506 g/mol. The zero-order valence-corrected chi connectivity index (χ0v) is 20.6. The maximum atomic E-state index is 13.1. The summed E-state index contributed by atoms with van der Waals surface area (Å²) in [6, 6.07) is 13.0. The molecule has 0 saturated carbocycles. The lowest BCUT2D eigenvalue weighted by molar-refractivity contribution is -0.138. The third kappa shape index (κ3) is 7.18. The summed E-state index contributed by atoms with van der Waals surface area (Å²) < 4.78 is 44.0. The van der Waals surface area contributed by atoms with Gasteiger partial charge in [-0.05, 0) is 69.5 Å². The molecule has 35 heavy (non-hydrogen) atoms. The van der Waals surface area contributed by atoms with Crippen molar-refractivity contribution in [2.45, 2.75) is 57.9 Å². The molecule has 186 valence electrons. The van der Waals surface area contributed by atoms with E-state index in [4.69, 9.17) is 16.3 Å². The second-order valence-electron chi connectivity index (χ2n) is 8.95. The van der Waals surface area contributed by atoms with Crippen molar-refractivity contribution in [1.82, 2.24) is 15.3 Å². The number of carbonyl (C=O) groups is 1. The molecule has 0 saturated heterocycles. The Morgan fingerprint density at radius 2 is 1.83 bits per heavy atom. The van der Waals surface area contributed by atoms with E-state index >= 15 is 0 Å². The Kier molecular flexibility index (Phi) is 8.05. The van der Waals surface area contributed by atoms with Crippen LogP contribution in [0.25, 0.3) is 0 Å². The van der Waals surface area contributed by atoms with Crippen molar-refractivity contribution in [2.75, 3.05) is 0 Å². The standard InChI is InChI=1S/C26H27ClF3N3O2/c1-16-8-10-21(31-14-16)13-22(18-6-5-7-20(27)12-18)17(2)33-24(34)25(3,4)35-23-11-9-19(15-32-23)26(28,29)30/h5-12,14-15,17,22H,13H2,1-4H3,(H,33,34). The van der Waals surface area contributed by atoms with Crippen LogP contribution in [0.1, 0.15) is 49.1 Å². The van der Waals surface area contributed by atoms with Gasteiger partial charge in [-0.15, -0.1) is 0 Å². The van der Waals surface area contributed by atoms with Crippen LogP contribution in [0.4, 0.5) is 13.2 Å². The number of rotatable bonds is 8. The predicted molar refractivity (Wildman–Crippen MR) is 128 cm³/mol. The first-order valence-corrected chi connectivity index (χ1v) is 11.4. The molecule has 9 heteroatoms. The van der Waals surface area contributed by atoms with E-state index in [1.54, 1.807) is 12.3 Å². The number of hydrogen-bond acceptors (Lipinski definition) is 4. The predicted octanol–water partition coefficient (Wildman–Crippen LogP) is 6.15. The Hall–Kier alpha value is -3.13. The van der Waals surface area contributed by atoms with E-state index in [2.05, 4.69) is 15.3 Å². The van der Waals surface area contributed by atoms with Crippen molar-refractivity contribution in [1.29, 1.82) is 0 Å². The summed E-state index contributed by atoms with van der Waals surface area (Å²) in [4.78, 5) is 21.3. The van der Waals surface area contributed by atoms with Crippen LogP contribution in [-0.2, 0) is 17.4 Å². The first-order valence-electron chi connectivity index (χ1n) is 11.1. The quantitative estimate of drug-likeness (QED) is 0.399. The highest BCUT2D eigenvalue weighted by Gasteiger charge is 2.34. The first-order chi connectivity index (χ1) is 16.3. The molecule has 0 spiro atoms. The van der Waals surface area contributed by atoms with Gasteiger partial charge in [-0.25, -0.2) is 4.98 Å². The minimum absolute atomic E-state index is 0.0824. The molecule has 1 amide bonds. The molecule has 2 aromatic heterocycles. The van der Waals surface area contributed by atoms with Crippen LogP contribution in [-0.4, -0.2) is 27.5 Å². The summed E-state index contributed by atoms with van der Waals surface area (Å²) >= 11 is 6.22. The Balaban J connectivity index is 1.76. The van der Waals surface area contributed by atoms with Crippen molar-refractivity contribution >= 4 is 17.5 Å². The number of hydrogen-bond donors (Lipinski definition) is 1. The Labute approximate surface area is 207 Å². The summed E-state index contributed by atoms with van der Waals surface area (Å²) in [6.45, 7) is 6.90. The monoisotopic (exact) mass is 505 g/mol. The molecule has 3 aromatic rings. The SMILES string of the molecule is Cc1ccc(CC(c2cccc(Cl)c2)C(C)NC(=O)C(C)(C)Oc2ccc(C(F)(F)F)cn2)nc1. The van der Waals surface area contributed by atoms with Gasteiger partial charge in [-0.3, -0.25) is 9.78 Å². The molecule has 5 nitrogen and oxygen atoms in total. The second kappa shape index (κ2) is 10.6. The minimum atomic E-state index is -4.50. The van der Waals surface area contributed by atoms with E-state index in [0.717, 1.165) is 29.0 Å². The fourth-order valence-electron chi connectivity index (χ4n) is 3.56. The number of pyridine rings is 2. The number of aryl methyl sites for hydroxylation is 1.